The third kappa shape index (κ3) is 4.18. The number of para-hydroxylation sites is 1. The number of hydrogen-bond donors (Lipinski definition) is 1. The maximum atomic E-state index is 12.1. The third-order valence-corrected chi connectivity index (χ3v) is 4.36. The summed E-state index contributed by atoms with van der Waals surface area (Å²) in [5, 5.41) is 0.576. The Balaban J connectivity index is 2.01. The highest BCUT2D eigenvalue weighted by molar-refractivity contribution is 6.31. The van der Waals surface area contributed by atoms with Crippen LogP contribution < -0.4 is 15.2 Å². The fraction of sp³-hybridized carbons (Fsp3) is 0.250. The van der Waals surface area contributed by atoms with E-state index in [-0.39, 0.29) is 6.10 Å². The van der Waals surface area contributed by atoms with E-state index in [4.69, 9.17) is 31.5 Å². The molecule has 26 heavy (non-hydrogen) atoms. The summed E-state index contributed by atoms with van der Waals surface area (Å²) >= 11 is 6.04. The molecule has 1 aliphatic heterocycles. The maximum absolute atomic E-state index is 12.1. The summed E-state index contributed by atoms with van der Waals surface area (Å²) in [6.45, 7) is 1.13. The highest BCUT2D eigenvalue weighted by Gasteiger charge is 2.22. The van der Waals surface area contributed by atoms with Crippen LogP contribution in [-0.4, -0.2) is 32.3 Å². The van der Waals surface area contributed by atoms with Gasteiger partial charge in [-0.1, -0.05) is 35.9 Å². The van der Waals surface area contributed by atoms with Gasteiger partial charge in [0.1, 0.15) is 6.61 Å². The molecule has 1 amide bonds. The zero-order chi connectivity index (χ0) is 18.5. The van der Waals surface area contributed by atoms with E-state index in [0.717, 1.165) is 18.6 Å². The molecule has 1 unspecified atom stereocenters. The minimum absolute atomic E-state index is 0.0571. The van der Waals surface area contributed by atoms with E-state index in [1.807, 2.05) is 12.1 Å². The zero-order valence-corrected chi connectivity index (χ0v) is 15.2. The molecular formula is C20H20ClNO4. The summed E-state index contributed by atoms with van der Waals surface area (Å²) in [4.78, 5) is 12.1. The van der Waals surface area contributed by atoms with Gasteiger partial charge in [-0.05, 0) is 29.8 Å². The van der Waals surface area contributed by atoms with Crippen molar-refractivity contribution in [3.63, 3.8) is 0 Å². The standard InChI is InChI=1S/C20H20ClNO4/c1-24-18-7-3-6-16(19(18)26-12-15-8-9-25-15)17(20(22)23)11-13-4-2-5-14(21)10-13/h2-7,10-11,15H,8-9,12H2,1H3,(H2,22,23). The molecule has 1 saturated heterocycles. The SMILES string of the molecule is COc1cccc(C(=Cc2cccc(Cl)c2)C(N)=O)c1OCC1CCO1. The Hall–Kier alpha value is -2.50. The summed E-state index contributed by atoms with van der Waals surface area (Å²) in [6.07, 6.45) is 2.70. The third-order valence-electron chi connectivity index (χ3n) is 4.12. The minimum atomic E-state index is -0.567. The Morgan fingerprint density at radius 1 is 1.35 bits per heavy atom. The van der Waals surface area contributed by atoms with Gasteiger partial charge in [-0.15, -0.1) is 0 Å². The number of methoxy groups -OCH3 is 1. The van der Waals surface area contributed by atoms with Gasteiger partial charge in [0.05, 0.1) is 18.8 Å². The summed E-state index contributed by atoms with van der Waals surface area (Å²) < 4.78 is 16.7. The Labute approximate surface area is 157 Å². The van der Waals surface area contributed by atoms with Crippen molar-refractivity contribution in [1.82, 2.24) is 0 Å². The molecule has 6 heteroatoms. The Bertz CT molecular complexity index is 830. The number of carbonyl (C=O) groups is 1. The molecule has 0 radical (unpaired) electrons. The molecule has 1 heterocycles. The number of ether oxygens (including phenoxy) is 3. The molecule has 1 aliphatic rings. The van der Waals surface area contributed by atoms with Crippen LogP contribution in [0.25, 0.3) is 11.6 Å². The number of amides is 1. The average Bonchev–Trinajstić information content (AvgIpc) is 2.58. The molecule has 0 saturated carbocycles. The van der Waals surface area contributed by atoms with Gasteiger partial charge in [0.15, 0.2) is 11.5 Å². The van der Waals surface area contributed by atoms with Crippen molar-refractivity contribution in [2.45, 2.75) is 12.5 Å². The van der Waals surface area contributed by atoms with Gasteiger partial charge in [0, 0.05) is 23.6 Å². The summed E-state index contributed by atoms with van der Waals surface area (Å²) in [7, 11) is 1.55. The highest BCUT2D eigenvalue weighted by Crippen LogP contribution is 2.36. The summed E-state index contributed by atoms with van der Waals surface area (Å²) in [6, 6.07) is 12.5. The normalized spacial score (nSPS) is 16.7. The van der Waals surface area contributed by atoms with Crippen molar-refractivity contribution in [3.05, 3.63) is 58.6 Å². The van der Waals surface area contributed by atoms with E-state index in [1.165, 1.54) is 0 Å². The van der Waals surface area contributed by atoms with Gasteiger partial charge in [-0.2, -0.15) is 0 Å². The smallest absolute Gasteiger partial charge is 0.249 e. The monoisotopic (exact) mass is 373 g/mol. The fourth-order valence-electron chi connectivity index (χ4n) is 2.67. The molecule has 2 aromatic rings. The van der Waals surface area contributed by atoms with Crippen LogP contribution in [0.2, 0.25) is 5.02 Å². The molecule has 0 spiro atoms. The number of hydrogen-bond acceptors (Lipinski definition) is 4. The van der Waals surface area contributed by atoms with Crippen LogP contribution in [0.15, 0.2) is 42.5 Å². The van der Waals surface area contributed by atoms with Crippen molar-refractivity contribution in [2.75, 3.05) is 20.3 Å². The van der Waals surface area contributed by atoms with Crippen LogP contribution in [-0.2, 0) is 9.53 Å². The molecule has 1 atom stereocenters. The lowest BCUT2D eigenvalue weighted by atomic mass is 10.0. The van der Waals surface area contributed by atoms with E-state index < -0.39 is 5.91 Å². The van der Waals surface area contributed by atoms with Crippen LogP contribution in [0.3, 0.4) is 0 Å². The van der Waals surface area contributed by atoms with Gasteiger partial charge in [-0.25, -0.2) is 0 Å². The van der Waals surface area contributed by atoms with E-state index in [2.05, 4.69) is 0 Å². The largest absolute Gasteiger partial charge is 0.493 e. The molecule has 1 fully saturated rings. The Morgan fingerprint density at radius 2 is 2.12 bits per heavy atom. The highest BCUT2D eigenvalue weighted by atomic mass is 35.5. The lowest BCUT2D eigenvalue weighted by molar-refractivity contribution is -0.112. The van der Waals surface area contributed by atoms with Gasteiger partial charge in [0.25, 0.3) is 0 Å². The predicted octanol–water partition coefficient (Wildman–Crippen LogP) is 3.54. The lowest BCUT2D eigenvalue weighted by Gasteiger charge is -2.27. The van der Waals surface area contributed by atoms with Crippen LogP contribution >= 0.6 is 11.6 Å². The minimum Gasteiger partial charge on any atom is -0.493 e. The molecule has 0 bridgehead atoms. The Kier molecular flexibility index (Phi) is 5.81. The lowest BCUT2D eigenvalue weighted by Crippen LogP contribution is -2.32. The van der Waals surface area contributed by atoms with E-state index >= 15 is 0 Å². The molecule has 3 rings (SSSR count). The van der Waals surface area contributed by atoms with Crippen molar-refractivity contribution < 1.29 is 19.0 Å². The van der Waals surface area contributed by atoms with Gasteiger partial charge < -0.3 is 19.9 Å². The number of halogens is 1. The average molecular weight is 374 g/mol. The van der Waals surface area contributed by atoms with Crippen LogP contribution in [0, 0.1) is 0 Å². The van der Waals surface area contributed by atoms with E-state index in [1.54, 1.807) is 43.5 Å². The number of primary amides is 1. The number of carbonyl (C=O) groups excluding carboxylic acids is 1. The van der Waals surface area contributed by atoms with E-state index in [0.29, 0.717) is 34.3 Å². The van der Waals surface area contributed by atoms with Crippen molar-refractivity contribution in [2.24, 2.45) is 5.73 Å². The topological polar surface area (TPSA) is 70.8 Å². The van der Waals surface area contributed by atoms with Crippen molar-refractivity contribution >= 4 is 29.2 Å². The maximum Gasteiger partial charge on any atom is 0.249 e. The molecule has 0 aromatic heterocycles. The first-order valence-corrected chi connectivity index (χ1v) is 8.65. The molecule has 2 N–H and O–H groups in total. The summed E-state index contributed by atoms with van der Waals surface area (Å²) in [5.74, 6) is 0.431. The molecule has 136 valence electrons. The molecule has 2 aromatic carbocycles. The zero-order valence-electron chi connectivity index (χ0n) is 14.4. The number of nitrogens with two attached hydrogens (primary N) is 1. The van der Waals surface area contributed by atoms with Crippen LogP contribution in [0.1, 0.15) is 17.5 Å². The van der Waals surface area contributed by atoms with Gasteiger partial charge in [-0.3, -0.25) is 4.79 Å². The molecule has 5 nitrogen and oxygen atoms in total. The number of benzene rings is 2. The first kappa shape index (κ1) is 18.3. The fourth-order valence-corrected chi connectivity index (χ4v) is 2.87. The predicted molar refractivity (Wildman–Crippen MR) is 101 cm³/mol. The van der Waals surface area contributed by atoms with Gasteiger partial charge in [0.2, 0.25) is 5.91 Å². The second-order valence-corrected chi connectivity index (χ2v) is 6.34. The quantitative estimate of drug-likeness (QED) is 0.595. The first-order valence-electron chi connectivity index (χ1n) is 8.27. The van der Waals surface area contributed by atoms with Crippen molar-refractivity contribution in [1.29, 1.82) is 0 Å². The second kappa shape index (κ2) is 8.25. The molecule has 0 aliphatic carbocycles. The number of rotatable bonds is 7. The van der Waals surface area contributed by atoms with Crippen molar-refractivity contribution in [3.8, 4) is 11.5 Å². The van der Waals surface area contributed by atoms with Crippen LogP contribution in [0.5, 0.6) is 11.5 Å². The van der Waals surface area contributed by atoms with Gasteiger partial charge >= 0.3 is 0 Å². The second-order valence-electron chi connectivity index (χ2n) is 5.91. The molecular weight excluding hydrogens is 354 g/mol. The van der Waals surface area contributed by atoms with Crippen LogP contribution in [0.4, 0.5) is 0 Å². The van der Waals surface area contributed by atoms with E-state index in [9.17, 15) is 4.79 Å². The first-order chi connectivity index (χ1) is 12.6. The Morgan fingerprint density at radius 3 is 2.73 bits per heavy atom. The summed E-state index contributed by atoms with van der Waals surface area (Å²) in [5.41, 5.74) is 7.29.